The van der Waals surface area contributed by atoms with Crippen molar-refractivity contribution in [2.24, 2.45) is 11.8 Å². The van der Waals surface area contributed by atoms with Crippen molar-refractivity contribution in [3.63, 3.8) is 0 Å². The number of hydrogen-bond acceptors (Lipinski definition) is 2. The summed E-state index contributed by atoms with van der Waals surface area (Å²) in [5.74, 6) is 1.81. The molecule has 2 unspecified atom stereocenters. The lowest BCUT2D eigenvalue weighted by molar-refractivity contribution is 0.170. The summed E-state index contributed by atoms with van der Waals surface area (Å²) in [6.45, 7) is 3.55. The highest BCUT2D eigenvalue weighted by Crippen LogP contribution is 2.39. The highest BCUT2D eigenvalue weighted by Gasteiger charge is 2.39. The van der Waals surface area contributed by atoms with Crippen molar-refractivity contribution in [3.05, 3.63) is 0 Å². The van der Waals surface area contributed by atoms with Crippen molar-refractivity contribution in [3.8, 4) is 0 Å². The van der Waals surface area contributed by atoms with Gasteiger partial charge in [-0.1, -0.05) is 19.3 Å². The van der Waals surface area contributed by atoms with E-state index in [1.54, 1.807) is 0 Å². The van der Waals surface area contributed by atoms with Crippen LogP contribution in [0, 0.1) is 11.8 Å². The second kappa shape index (κ2) is 3.00. The predicted octanol–water partition coefficient (Wildman–Crippen LogP) is 1.15. The molecule has 0 aromatic heterocycles. The van der Waals surface area contributed by atoms with Crippen LogP contribution in [-0.4, -0.2) is 23.8 Å². The molecular formula is C10H19NO. The van der Waals surface area contributed by atoms with Crippen LogP contribution < -0.4 is 5.32 Å². The van der Waals surface area contributed by atoms with Gasteiger partial charge in [-0.3, -0.25) is 0 Å². The van der Waals surface area contributed by atoms with Crippen LogP contribution in [0.5, 0.6) is 0 Å². The Morgan fingerprint density at radius 3 is 2.58 bits per heavy atom. The lowest BCUT2D eigenvalue weighted by Gasteiger charge is -2.31. The zero-order valence-electron chi connectivity index (χ0n) is 7.84. The van der Waals surface area contributed by atoms with E-state index in [0.717, 1.165) is 18.4 Å². The van der Waals surface area contributed by atoms with E-state index in [4.69, 9.17) is 5.11 Å². The topological polar surface area (TPSA) is 32.3 Å². The lowest BCUT2D eigenvalue weighted by Crippen LogP contribution is -2.39. The van der Waals surface area contributed by atoms with Crippen LogP contribution in [-0.2, 0) is 0 Å². The van der Waals surface area contributed by atoms with Gasteiger partial charge in [-0.15, -0.1) is 0 Å². The molecule has 0 spiro atoms. The van der Waals surface area contributed by atoms with Crippen molar-refractivity contribution in [2.45, 2.75) is 38.1 Å². The summed E-state index contributed by atoms with van der Waals surface area (Å²) >= 11 is 0. The number of nitrogens with one attached hydrogen (secondary N) is 1. The minimum absolute atomic E-state index is 0.0280. The molecule has 0 aromatic rings. The summed E-state index contributed by atoms with van der Waals surface area (Å²) in [5.41, 5.74) is 0.0280. The monoisotopic (exact) mass is 169 g/mol. The van der Waals surface area contributed by atoms with Crippen LogP contribution in [0.2, 0.25) is 0 Å². The largest absolute Gasteiger partial charge is 0.394 e. The fraction of sp³-hybridized carbons (Fsp3) is 1.00. The van der Waals surface area contributed by atoms with Crippen molar-refractivity contribution in [1.82, 2.24) is 5.32 Å². The first-order valence-electron chi connectivity index (χ1n) is 5.09. The molecule has 1 heterocycles. The van der Waals surface area contributed by atoms with E-state index in [1.807, 2.05) is 0 Å². The highest BCUT2D eigenvalue weighted by molar-refractivity contribution is 4.96. The average molecular weight is 169 g/mol. The second-order valence-corrected chi connectivity index (χ2v) is 4.75. The first-order valence-corrected chi connectivity index (χ1v) is 5.09. The normalized spacial score (nSPS) is 43.0. The van der Waals surface area contributed by atoms with Gasteiger partial charge in [-0.2, -0.15) is 0 Å². The molecular weight excluding hydrogens is 150 g/mol. The third-order valence-corrected chi connectivity index (χ3v) is 3.67. The molecule has 0 bridgehead atoms. The second-order valence-electron chi connectivity index (χ2n) is 4.75. The van der Waals surface area contributed by atoms with E-state index < -0.39 is 0 Å². The molecule has 1 saturated carbocycles. The van der Waals surface area contributed by atoms with Crippen LogP contribution in [0.15, 0.2) is 0 Å². The van der Waals surface area contributed by atoms with E-state index in [1.165, 1.54) is 25.7 Å². The molecule has 70 valence electrons. The van der Waals surface area contributed by atoms with E-state index in [9.17, 15) is 0 Å². The third kappa shape index (κ3) is 1.38. The Morgan fingerprint density at radius 1 is 1.42 bits per heavy atom. The Kier molecular flexibility index (Phi) is 2.13. The molecule has 2 nitrogen and oxygen atoms in total. The molecule has 0 aromatic carbocycles. The van der Waals surface area contributed by atoms with Gasteiger partial charge in [0.15, 0.2) is 0 Å². The third-order valence-electron chi connectivity index (χ3n) is 3.67. The molecule has 2 fully saturated rings. The summed E-state index contributed by atoms with van der Waals surface area (Å²) in [6.07, 6.45) is 5.45. The van der Waals surface area contributed by atoms with Gasteiger partial charge in [0.2, 0.25) is 0 Å². The van der Waals surface area contributed by atoms with Crippen molar-refractivity contribution >= 4 is 0 Å². The standard InChI is InChI=1S/C10H19NO/c1-10(7-12)5-9(6-11-10)8-3-2-4-8/h8-9,11-12H,2-7H2,1H3. The van der Waals surface area contributed by atoms with Gasteiger partial charge >= 0.3 is 0 Å². The van der Waals surface area contributed by atoms with Gasteiger partial charge in [0.25, 0.3) is 0 Å². The van der Waals surface area contributed by atoms with Crippen molar-refractivity contribution < 1.29 is 5.11 Å². The maximum Gasteiger partial charge on any atom is 0.0610 e. The lowest BCUT2D eigenvalue weighted by atomic mass is 9.74. The summed E-state index contributed by atoms with van der Waals surface area (Å²) < 4.78 is 0. The van der Waals surface area contributed by atoms with Crippen LogP contribution in [0.25, 0.3) is 0 Å². The van der Waals surface area contributed by atoms with Crippen LogP contribution in [0.1, 0.15) is 32.6 Å². The SMILES string of the molecule is CC1(CO)CC(C2CCC2)CN1. The van der Waals surface area contributed by atoms with Gasteiger partial charge < -0.3 is 10.4 Å². The Bertz CT molecular complexity index is 167. The number of aliphatic hydroxyl groups is 1. The molecule has 1 saturated heterocycles. The number of rotatable bonds is 2. The zero-order valence-corrected chi connectivity index (χ0v) is 7.84. The van der Waals surface area contributed by atoms with Gasteiger partial charge in [-0.25, -0.2) is 0 Å². The fourth-order valence-electron chi connectivity index (χ4n) is 2.47. The molecule has 2 N–H and O–H groups in total. The maximum absolute atomic E-state index is 9.15. The Balaban J connectivity index is 1.88. The molecule has 2 aliphatic rings. The molecule has 1 aliphatic heterocycles. The highest BCUT2D eigenvalue weighted by atomic mass is 16.3. The Labute approximate surface area is 74.4 Å². The van der Waals surface area contributed by atoms with E-state index in [0.29, 0.717) is 0 Å². The summed E-state index contributed by atoms with van der Waals surface area (Å²) in [6, 6.07) is 0. The zero-order chi connectivity index (χ0) is 8.60. The van der Waals surface area contributed by atoms with E-state index >= 15 is 0 Å². The molecule has 2 atom stereocenters. The minimum Gasteiger partial charge on any atom is -0.394 e. The Hall–Kier alpha value is -0.0800. The van der Waals surface area contributed by atoms with E-state index in [2.05, 4.69) is 12.2 Å². The van der Waals surface area contributed by atoms with E-state index in [-0.39, 0.29) is 12.1 Å². The fourth-order valence-corrected chi connectivity index (χ4v) is 2.47. The Morgan fingerprint density at radius 2 is 2.17 bits per heavy atom. The van der Waals surface area contributed by atoms with Crippen molar-refractivity contribution in [1.29, 1.82) is 0 Å². The van der Waals surface area contributed by atoms with Gasteiger partial charge in [0.05, 0.1) is 6.61 Å². The summed E-state index contributed by atoms with van der Waals surface area (Å²) in [7, 11) is 0. The average Bonchev–Trinajstić information content (AvgIpc) is 2.31. The molecule has 0 amide bonds. The number of hydrogen-bond donors (Lipinski definition) is 2. The maximum atomic E-state index is 9.15. The molecule has 2 heteroatoms. The van der Waals surface area contributed by atoms with Gasteiger partial charge in [-0.05, 0) is 31.7 Å². The minimum atomic E-state index is 0.0280. The van der Waals surface area contributed by atoms with Crippen LogP contribution in [0.4, 0.5) is 0 Å². The van der Waals surface area contributed by atoms with Crippen molar-refractivity contribution in [2.75, 3.05) is 13.2 Å². The summed E-state index contributed by atoms with van der Waals surface area (Å²) in [4.78, 5) is 0. The summed E-state index contributed by atoms with van der Waals surface area (Å²) in [5, 5.41) is 12.6. The van der Waals surface area contributed by atoms with Crippen LogP contribution >= 0.6 is 0 Å². The molecule has 0 radical (unpaired) electrons. The van der Waals surface area contributed by atoms with Gasteiger partial charge in [0, 0.05) is 5.54 Å². The molecule has 12 heavy (non-hydrogen) atoms. The molecule has 1 aliphatic carbocycles. The van der Waals surface area contributed by atoms with Crippen LogP contribution in [0.3, 0.4) is 0 Å². The smallest absolute Gasteiger partial charge is 0.0610 e. The quantitative estimate of drug-likeness (QED) is 0.650. The molecule has 2 rings (SSSR count). The van der Waals surface area contributed by atoms with Gasteiger partial charge in [0.1, 0.15) is 0 Å². The first-order chi connectivity index (χ1) is 5.73. The number of aliphatic hydroxyl groups excluding tert-OH is 1. The predicted molar refractivity (Wildman–Crippen MR) is 48.9 cm³/mol. The first kappa shape index (κ1) is 8.52.